The van der Waals surface area contributed by atoms with Gasteiger partial charge in [-0.05, 0) is 38.0 Å². The van der Waals surface area contributed by atoms with Gasteiger partial charge in [0.1, 0.15) is 0 Å². The molecule has 1 aliphatic rings. The van der Waals surface area contributed by atoms with Gasteiger partial charge < -0.3 is 10.6 Å². The Kier molecular flexibility index (Phi) is 9.90. The number of hydrogen-bond donors (Lipinski definition) is 2. The second-order valence-electron chi connectivity index (χ2n) is 5.40. The molecule has 0 atom stereocenters. The Morgan fingerprint density at radius 3 is 2.67 bits per heavy atom. The molecule has 126 valence electrons. The Hall–Kier alpha value is -2.39. The number of hydrogen-bond acceptors (Lipinski definition) is 2. The highest BCUT2D eigenvalue weighted by Crippen LogP contribution is 2.09. The highest BCUT2D eigenvalue weighted by molar-refractivity contribution is 7.78. The smallest absolute Gasteiger partial charge is 0.0654 e. The summed E-state index contributed by atoms with van der Waals surface area (Å²) in [5, 5.41) is 6.29. The lowest BCUT2D eigenvalue weighted by Crippen LogP contribution is -2.15. The van der Waals surface area contributed by atoms with Crippen LogP contribution < -0.4 is 10.6 Å². The minimum absolute atomic E-state index is 0.743. The third kappa shape index (κ3) is 8.91. The Morgan fingerprint density at radius 1 is 1.21 bits per heavy atom. The minimum atomic E-state index is 0.743. The van der Waals surface area contributed by atoms with Crippen molar-refractivity contribution in [2.45, 2.75) is 20.3 Å². The van der Waals surface area contributed by atoms with Crippen LogP contribution in [0.1, 0.15) is 20.3 Å². The molecule has 0 aromatic rings. The van der Waals surface area contributed by atoms with Crippen LogP contribution >= 0.6 is 12.2 Å². The first-order valence-electron chi connectivity index (χ1n) is 7.97. The zero-order chi connectivity index (χ0) is 17.6. The van der Waals surface area contributed by atoms with E-state index < -0.39 is 0 Å². The van der Waals surface area contributed by atoms with Gasteiger partial charge in [-0.2, -0.15) is 0 Å². The Morgan fingerprint density at radius 2 is 1.96 bits per heavy atom. The van der Waals surface area contributed by atoms with E-state index in [0.29, 0.717) is 0 Å². The molecule has 0 aromatic heterocycles. The molecular formula is C21H26N2S. The molecule has 24 heavy (non-hydrogen) atoms. The monoisotopic (exact) mass is 338 g/mol. The first kappa shape index (κ1) is 19.7. The van der Waals surface area contributed by atoms with Crippen molar-refractivity contribution in [2.24, 2.45) is 0 Å². The lowest BCUT2D eigenvalue weighted by atomic mass is 10.1. The number of thiocarbonyl (C=S) groups is 1. The molecule has 0 radical (unpaired) electrons. The fraction of sp³-hybridized carbons (Fsp3) is 0.190. The maximum atomic E-state index is 4.74. The lowest BCUT2D eigenvalue weighted by Gasteiger charge is -2.09. The molecule has 0 aliphatic heterocycles. The van der Waals surface area contributed by atoms with Crippen molar-refractivity contribution in [1.82, 2.24) is 10.6 Å². The van der Waals surface area contributed by atoms with Crippen molar-refractivity contribution in [3.63, 3.8) is 0 Å². The topological polar surface area (TPSA) is 24.1 Å². The van der Waals surface area contributed by atoms with Gasteiger partial charge >= 0.3 is 0 Å². The van der Waals surface area contributed by atoms with E-state index in [4.69, 9.17) is 12.2 Å². The molecule has 3 heteroatoms. The van der Waals surface area contributed by atoms with Crippen molar-refractivity contribution in [3.05, 3.63) is 96.0 Å². The van der Waals surface area contributed by atoms with Crippen LogP contribution in [0.25, 0.3) is 0 Å². The molecule has 0 unspecified atom stereocenters. The number of nitrogens with one attached hydrogen (secondary N) is 2. The molecule has 2 N–H and O–H groups in total. The molecule has 0 saturated heterocycles. The van der Waals surface area contributed by atoms with Crippen LogP contribution in [0.3, 0.4) is 0 Å². The van der Waals surface area contributed by atoms with Crippen LogP contribution in [-0.4, -0.2) is 12.0 Å². The molecule has 0 amide bonds. The first-order chi connectivity index (χ1) is 11.7. The summed E-state index contributed by atoms with van der Waals surface area (Å²) >= 11 is 4.74. The molecular weight excluding hydrogens is 312 g/mol. The van der Waals surface area contributed by atoms with Crippen LogP contribution in [0.15, 0.2) is 96.0 Å². The van der Waals surface area contributed by atoms with Crippen molar-refractivity contribution < 1.29 is 0 Å². The summed E-state index contributed by atoms with van der Waals surface area (Å²) in [5.74, 6) is 0. The van der Waals surface area contributed by atoms with Crippen LogP contribution in [0.2, 0.25) is 0 Å². The molecule has 0 spiro atoms. The van der Waals surface area contributed by atoms with Gasteiger partial charge in [0.15, 0.2) is 0 Å². The van der Waals surface area contributed by atoms with E-state index in [0.717, 1.165) is 18.7 Å². The third-order valence-corrected chi connectivity index (χ3v) is 3.42. The van der Waals surface area contributed by atoms with Gasteiger partial charge in [0.05, 0.1) is 5.49 Å². The number of rotatable bonds is 7. The van der Waals surface area contributed by atoms with Crippen LogP contribution in [-0.2, 0) is 0 Å². The van der Waals surface area contributed by atoms with E-state index in [1.807, 2.05) is 12.2 Å². The summed E-state index contributed by atoms with van der Waals surface area (Å²) in [4.78, 5) is 0. The molecule has 0 heterocycles. The zero-order valence-corrected chi connectivity index (χ0v) is 15.3. The molecule has 0 saturated carbocycles. The summed E-state index contributed by atoms with van der Waals surface area (Å²) in [6.45, 7) is 8.73. The average Bonchev–Trinajstić information content (AvgIpc) is 2.59. The van der Waals surface area contributed by atoms with Crippen molar-refractivity contribution in [1.29, 1.82) is 0 Å². The highest BCUT2D eigenvalue weighted by atomic mass is 32.1. The zero-order valence-electron chi connectivity index (χ0n) is 14.5. The van der Waals surface area contributed by atoms with E-state index in [-0.39, 0.29) is 0 Å². The van der Waals surface area contributed by atoms with Gasteiger partial charge in [-0.3, -0.25) is 0 Å². The molecule has 0 bridgehead atoms. The fourth-order valence-corrected chi connectivity index (χ4v) is 2.16. The second kappa shape index (κ2) is 12.1. The SMILES string of the molecule is C=C/C=C(\C=C\NC=S)NCC1=CC/C=C(C)/C=C\C=C\C(C)=C1. The summed E-state index contributed by atoms with van der Waals surface area (Å²) in [7, 11) is 0. The predicted molar refractivity (Wildman–Crippen MR) is 111 cm³/mol. The number of allylic oxidation sites excluding steroid dienone is 11. The normalized spacial score (nSPS) is 20.8. The van der Waals surface area contributed by atoms with Gasteiger partial charge in [0.25, 0.3) is 0 Å². The van der Waals surface area contributed by atoms with E-state index >= 15 is 0 Å². The van der Waals surface area contributed by atoms with Crippen LogP contribution in [0.5, 0.6) is 0 Å². The fourth-order valence-electron chi connectivity index (χ4n) is 2.08. The van der Waals surface area contributed by atoms with Crippen molar-refractivity contribution in [2.75, 3.05) is 6.54 Å². The Bertz CT molecular complexity index is 641. The van der Waals surface area contributed by atoms with Crippen LogP contribution in [0, 0.1) is 0 Å². The predicted octanol–water partition coefficient (Wildman–Crippen LogP) is 5.04. The van der Waals surface area contributed by atoms with E-state index in [1.165, 1.54) is 22.2 Å². The Balaban J connectivity index is 2.86. The minimum Gasteiger partial charge on any atom is -0.381 e. The largest absolute Gasteiger partial charge is 0.381 e. The van der Waals surface area contributed by atoms with Crippen molar-refractivity contribution in [3.8, 4) is 0 Å². The van der Waals surface area contributed by atoms with E-state index in [2.05, 4.69) is 73.6 Å². The highest BCUT2D eigenvalue weighted by Gasteiger charge is 1.97. The summed E-state index contributed by atoms with van der Waals surface area (Å²) < 4.78 is 0. The van der Waals surface area contributed by atoms with Crippen LogP contribution in [0.4, 0.5) is 0 Å². The standard InChI is InChI=1S/C21H26N2S/c1-4-8-21(13-14-22-17-24)23-16-20-12-7-11-18(2)9-5-6-10-19(3)15-20/h4-6,8-15,17,23H,1,7,16H2,2-3H3,(H,22,24)/b9-5-,10-6+,14-13+,18-11+,19-15?,20-12?,21-8+. The summed E-state index contributed by atoms with van der Waals surface area (Å²) in [6, 6.07) is 0. The maximum absolute atomic E-state index is 4.74. The lowest BCUT2D eigenvalue weighted by molar-refractivity contribution is 0.904. The molecule has 1 rings (SSSR count). The van der Waals surface area contributed by atoms with E-state index in [9.17, 15) is 0 Å². The van der Waals surface area contributed by atoms with Gasteiger partial charge in [-0.25, -0.2) is 0 Å². The van der Waals surface area contributed by atoms with Gasteiger partial charge in [-0.1, -0.05) is 78.6 Å². The summed E-state index contributed by atoms with van der Waals surface area (Å²) in [6.07, 6.45) is 23.4. The van der Waals surface area contributed by atoms with E-state index in [1.54, 1.807) is 12.3 Å². The van der Waals surface area contributed by atoms with Gasteiger partial charge in [0.2, 0.25) is 0 Å². The maximum Gasteiger partial charge on any atom is 0.0654 e. The van der Waals surface area contributed by atoms with Crippen molar-refractivity contribution >= 4 is 17.7 Å². The average molecular weight is 339 g/mol. The molecule has 2 nitrogen and oxygen atoms in total. The van der Waals surface area contributed by atoms with Gasteiger partial charge in [0, 0.05) is 18.4 Å². The quantitative estimate of drug-likeness (QED) is 0.502. The summed E-state index contributed by atoms with van der Waals surface area (Å²) in [5.41, 5.74) is 6.17. The molecule has 1 aliphatic carbocycles. The molecule has 0 aromatic carbocycles. The van der Waals surface area contributed by atoms with Gasteiger partial charge in [-0.15, -0.1) is 0 Å². The third-order valence-electron chi connectivity index (χ3n) is 3.28. The molecule has 0 fully saturated rings. The Labute approximate surface area is 151 Å². The first-order valence-corrected chi connectivity index (χ1v) is 8.44. The second-order valence-corrected chi connectivity index (χ2v) is 5.63.